The third kappa shape index (κ3) is 5.88. The average molecular weight is 443 g/mol. The smallest absolute Gasteiger partial charge is 0.475 e. The maximum Gasteiger partial charge on any atom is 0.490 e. The van der Waals surface area contributed by atoms with E-state index in [-0.39, 0.29) is 0 Å². The fraction of sp³-hybridized carbons (Fsp3) is 0.579. The van der Waals surface area contributed by atoms with Crippen LogP contribution < -0.4 is 4.90 Å². The molecule has 2 saturated heterocycles. The molecule has 1 N–H and O–H groups in total. The Morgan fingerprint density at radius 3 is 2.50 bits per heavy atom. The first kappa shape index (κ1) is 22.4. The Bertz CT molecular complexity index is 832. The van der Waals surface area contributed by atoms with E-state index in [0.29, 0.717) is 5.41 Å². The molecule has 1 atom stereocenters. The van der Waals surface area contributed by atoms with Gasteiger partial charge in [0.1, 0.15) is 5.01 Å². The molecule has 1 spiro atoms. The zero-order valence-electron chi connectivity index (χ0n) is 16.6. The Morgan fingerprint density at radius 2 is 1.90 bits per heavy atom. The fourth-order valence-electron chi connectivity index (χ4n) is 3.96. The van der Waals surface area contributed by atoms with Gasteiger partial charge in [0.2, 0.25) is 5.95 Å². The van der Waals surface area contributed by atoms with Crippen molar-refractivity contribution in [3.63, 3.8) is 0 Å². The molecule has 2 aromatic heterocycles. The van der Waals surface area contributed by atoms with Crippen LogP contribution in [-0.2, 0) is 11.3 Å². The number of anilines is 1. The van der Waals surface area contributed by atoms with Gasteiger partial charge in [-0.2, -0.15) is 13.2 Å². The Morgan fingerprint density at radius 1 is 1.20 bits per heavy atom. The molecule has 0 radical (unpaired) electrons. The SMILES string of the molecule is Cc1cnc(N2CCC3(CCCN(Cc4nccs4)C3)C2)nc1.O=C(O)C(F)(F)F. The van der Waals surface area contributed by atoms with Gasteiger partial charge in [-0.3, -0.25) is 4.90 Å². The number of alkyl halides is 3. The Hall–Kier alpha value is -2.27. The van der Waals surface area contributed by atoms with Crippen molar-refractivity contribution in [2.45, 2.75) is 38.9 Å². The van der Waals surface area contributed by atoms with Crippen LogP contribution in [0.15, 0.2) is 24.0 Å². The highest BCUT2D eigenvalue weighted by Crippen LogP contribution is 2.40. The summed E-state index contributed by atoms with van der Waals surface area (Å²) in [5.74, 6) is -1.86. The number of rotatable bonds is 3. The first-order chi connectivity index (χ1) is 14.2. The first-order valence-electron chi connectivity index (χ1n) is 9.61. The van der Waals surface area contributed by atoms with Crippen LogP contribution in [0.5, 0.6) is 0 Å². The molecule has 0 bridgehead atoms. The zero-order chi connectivity index (χ0) is 21.8. The van der Waals surface area contributed by atoms with E-state index in [9.17, 15) is 13.2 Å². The number of aliphatic carboxylic acids is 1. The second-order valence-corrected chi connectivity index (χ2v) is 8.75. The van der Waals surface area contributed by atoms with Gasteiger partial charge in [0.15, 0.2) is 0 Å². The zero-order valence-corrected chi connectivity index (χ0v) is 17.4. The summed E-state index contributed by atoms with van der Waals surface area (Å²) in [5, 5.41) is 10.4. The van der Waals surface area contributed by atoms with E-state index in [1.165, 1.54) is 37.4 Å². The molecule has 2 aromatic rings. The van der Waals surface area contributed by atoms with Gasteiger partial charge >= 0.3 is 12.1 Å². The topological polar surface area (TPSA) is 82.5 Å². The maximum absolute atomic E-state index is 10.6. The number of thiazole rings is 1. The normalized spacial score (nSPS) is 22.1. The summed E-state index contributed by atoms with van der Waals surface area (Å²) in [6, 6.07) is 0. The lowest BCUT2D eigenvalue weighted by atomic mass is 9.79. The van der Waals surface area contributed by atoms with Crippen molar-refractivity contribution >= 4 is 23.3 Å². The lowest BCUT2D eigenvalue weighted by Gasteiger charge is -2.40. The average Bonchev–Trinajstić information content (AvgIpc) is 3.33. The summed E-state index contributed by atoms with van der Waals surface area (Å²) >= 11 is 1.76. The number of likely N-dealkylation sites (tertiary alicyclic amines) is 1. The van der Waals surface area contributed by atoms with Crippen LogP contribution in [0.4, 0.5) is 19.1 Å². The minimum atomic E-state index is -5.08. The fourth-order valence-corrected chi connectivity index (χ4v) is 4.61. The molecular formula is C19H24F3N5O2S. The standard InChI is InChI=1S/C17H23N5S.C2HF3O2/c1-14-9-19-16(20-10-14)22-7-4-17(13-22)3-2-6-21(12-17)11-15-18-5-8-23-15;3-2(4,5)1(6)7/h5,8-10H,2-4,6-7,11-13H2,1H3;(H,6,7). The maximum atomic E-state index is 10.6. The quantitative estimate of drug-likeness (QED) is 0.779. The highest BCUT2D eigenvalue weighted by molar-refractivity contribution is 7.09. The minimum absolute atomic E-state index is 0.407. The molecule has 0 amide bonds. The summed E-state index contributed by atoms with van der Waals surface area (Å²) in [4.78, 5) is 27.3. The molecule has 2 aliphatic rings. The third-order valence-electron chi connectivity index (χ3n) is 5.31. The van der Waals surface area contributed by atoms with Gasteiger partial charge in [-0.25, -0.2) is 19.7 Å². The van der Waals surface area contributed by atoms with Gasteiger partial charge < -0.3 is 10.0 Å². The molecule has 0 aliphatic carbocycles. The number of halogens is 3. The van der Waals surface area contributed by atoms with Gasteiger partial charge in [0, 0.05) is 49.0 Å². The number of carbonyl (C=O) groups is 1. The highest BCUT2D eigenvalue weighted by Gasteiger charge is 2.42. The largest absolute Gasteiger partial charge is 0.490 e. The summed E-state index contributed by atoms with van der Waals surface area (Å²) in [7, 11) is 0. The first-order valence-corrected chi connectivity index (χ1v) is 10.5. The van der Waals surface area contributed by atoms with Crippen molar-refractivity contribution in [2.24, 2.45) is 5.41 Å². The van der Waals surface area contributed by atoms with Gasteiger partial charge in [0.05, 0.1) is 6.54 Å². The lowest BCUT2D eigenvalue weighted by Crippen LogP contribution is -2.44. The predicted octanol–water partition coefficient (Wildman–Crippen LogP) is 3.37. The van der Waals surface area contributed by atoms with Gasteiger partial charge in [0.25, 0.3) is 0 Å². The van der Waals surface area contributed by atoms with Crippen molar-refractivity contribution in [2.75, 3.05) is 31.1 Å². The molecular weight excluding hydrogens is 419 g/mol. The monoisotopic (exact) mass is 443 g/mol. The van der Waals surface area contributed by atoms with Crippen molar-refractivity contribution in [3.8, 4) is 0 Å². The highest BCUT2D eigenvalue weighted by atomic mass is 32.1. The molecule has 4 rings (SSSR count). The number of carboxylic acid groups (broad SMARTS) is 1. The van der Waals surface area contributed by atoms with Gasteiger partial charge in [-0.15, -0.1) is 11.3 Å². The van der Waals surface area contributed by atoms with E-state index in [4.69, 9.17) is 9.90 Å². The second-order valence-electron chi connectivity index (χ2n) is 7.77. The van der Waals surface area contributed by atoms with Crippen LogP contribution in [0.1, 0.15) is 29.8 Å². The summed E-state index contributed by atoms with van der Waals surface area (Å²) in [6.45, 7) is 7.57. The molecule has 0 saturated carbocycles. The lowest BCUT2D eigenvalue weighted by molar-refractivity contribution is -0.192. The van der Waals surface area contributed by atoms with Crippen molar-refractivity contribution in [1.82, 2.24) is 19.9 Å². The molecule has 4 heterocycles. The van der Waals surface area contributed by atoms with Crippen LogP contribution in [0, 0.1) is 12.3 Å². The molecule has 1 unspecified atom stereocenters. The minimum Gasteiger partial charge on any atom is -0.475 e. The van der Waals surface area contributed by atoms with Crippen LogP contribution in [0.3, 0.4) is 0 Å². The number of carboxylic acids is 1. The third-order valence-corrected chi connectivity index (χ3v) is 6.08. The van der Waals surface area contributed by atoms with Crippen LogP contribution in [-0.4, -0.2) is 63.3 Å². The number of hydrogen-bond acceptors (Lipinski definition) is 7. The second kappa shape index (κ2) is 9.25. The number of aryl methyl sites for hydroxylation is 1. The Balaban J connectivity index is 0.000000318. The number of piperidine rings is 1. The van der Waals surface area contributed by atoms with Gasteiger partial charge in [-0.1, -0.05) is 0 Å². The molecule has 2 aliphatic heterocycles. The Labute approximate surface area is 176 Å². The number of nitrogens with zero attached hydrogens (tertiary/aromatic N) is 5. The summed E-state index contributed by atoms with van der Waals surface area (Å²) < 4.78 is 31.7. The molecule has 2 fully saturated rings. The van der Waals surface area contributed by atoms with Crippen LogP contribution in [0.2, 0.25) is 0 Å². The molecule has 30 heavy (non-hydrogen) atoms. The number of aromatic nitrogens is 3. The van der Waals surface area contributed by atoms with Gasteiger partial charge in [-0.05, 0) is 38.3 Å². The number of hydrogen-bond donors (Lipinski definition) is 1. The predicted molar refractivity (Wildman–Crippen MR) is 106 cm³/mol. The van der Waals surface area contributed by atoms with E-state index in [1.807, 2.05) is 25.5 Å². The van der Waals surface area contributed by atoms with Crippen molar-refractivity contribution in [1.29, 1.82) is 0 Å². The van der Waals surface area contributed by atoms with Crippen molar-refractivity contribution < 1.29 is 23.1 Å². The van der Waals surface area contributed by atoms with E-state index >= 15 is 0 Å². The van der Waals surface area contributed by atoms with E-state index in [2.05, 4.69) is 30.1 Å². The van der Waals surface area contributed by atoms with E-state index in [0.717, 1.165) is 31.1 Å². The van der Waals surface area contributed by atoms with Crippen LogP contribution in [0.25, 0.3) is 0 Å². The molecule has 164 valence electrons. The van der Waals surface area contributed by atoms with Crippen molar-refractivity contribution in [3.05, 3.63) is 34.5 Å². The molecule has 0 aromatic carbocycles. The summed E-state index contributed by atoms with van der Waals surface area (Å²) in [6.07, 6.45) is 4.52. The van der Waals surface area contributed by atoms with E-state index < -0.39 is 12.1 Å². The van der Waals surface area contributed by atoms with E-state index in [1.54, 1.807) is 11.3 Å². The molecule has 7 nitrogen and oxygen atoms in total. The molecule has 11 heteroatoms. The van der Waals surface area contributed by atoms with Crippen LogP contribution >= 0.6 is 11.3 Å². The summed E-state index contributed by atoms with van der Waals surface area (Å²) in [5.41, 5.74) is 1.53. The Kier molecular flexibility index (Phi) is 6.91.